The zero-order chi connectivity index (χ0) is 22.0. The highest BCUT2D eigenvalue weighted by Gasteiger charge is 2.24. The van der Waals surface area contributed by atoms with E-state index in [1.165, 1.54) is 38.5 Å². The van der Waals surface area contributed by atoms with Gasteiger partial charge in [0.25, 0.3) is 0 Å². The van der Waals surface area contributed by atoms with Crippen LogP contribution in [0.1, 0.15) is 122 Å². The number of hydrogen-bond donors (Lipinski definition) is 2. The molecule has 0 aliphatic carbocycles. The van der Waals surface area contributed by atoms with Gasteiger partial charge in [-0.3, -0.25) is 4.79 Å². The average molecular weight is 405 g/mol. The van der Waals surface area contributed by atoms with Gasteiger partial charge in [-0.15, -0.1) is 0 Å². The lowest BCUT2D eigenvalue weighted by Gasteiger charge is -2.25. The van der Waals surface area contributed by atoms with E-state index in [4.69, 9.17) is 0 Å². The number of carboxylic acid groups (broad SMARTS) is 1. The van der Waals surface area contributed by atoms with E-state index in [1.807, 2.05) is 12.1 Å². The zero-order valence-electron chi connectivity index (χ0n) is 19.7. The monoisotopic (exact) mass is 404 g/mol. The Morgan fingerprint density at radius 1 is 0.966 bits per heavy atom. The molecule has 0 amide bonds. The fourth-order valence-corrected chi connectivity index (χ4v) is 3.97. The summed E-state index contributed by atoms with van der Waals surface area (Å²) in [6.07, 6.45) is 11.1. The van der Waals surface area contributed by atoms with Gasteiger partial charge in [-0.1, -0.05) is 105 Å². The van der Waals surface area contributed by atoms with Crippen LogP contribution in [0.25, 0.3) is 0 Å². The van der Waals surface area contributed by atoms with Gasteiger partial charge in [-0.2, -0.15) is 0 Å². The second kappa shape index (κ2) is 12.2. The van der Waals surface area contributed by atoms with Crippen molar-refractivity contribution in [1.82, 2.24) is 0 Å². The minimum atomic E-state index is -0.704. The predicted octanol–water partition coefficient (Wildman–Crippen LogP) is 7.59. The number of carboxylic acids is 1. The van der Waals surface area contributed by atoms with Gasteiger partial charge in [0.1, 0.15) is 5.75 Å². The van der Waals surface area contributed by atoms with Gasteiger partial charge in [-0.05, 0) is 40.9 Å². The molecule has 0 saturated carbocycles. The molecule has 0 aromatic heterocycles. The first kappa shape index (κ1) is 25.5. The summed E-state index contributed by atoms with van der Waals surface area (Å²) in [4.78, 5) is 11.9. The van der Waals surface area contributed by atoms with E-state index in [9.17, 15) is 15.0 Å². The number of aliphatic carboxylic acids is 1. The Morgan fingerprint density at radius 2 is 1.52 bits per heavy atom. The van der Waals surface area contributed by atoms with Crippen LogP contribution >= 0.6 is 0 Å². The maximum Gasteiger partial charge on any atom is 0.306 e. The Morgan fingerprint density at radius 3 is 2.00 bits per heavy atom. The van der Waals surface area contributed by atoms with E-state index >= 15 is 0 Å². The number of unbranched alkanes of at least 4 members (excludes halogenated alkanes) is 7. The molecule has 166 valence electrons. The molecule has 1 atom stereocenters. The van der Waals surface area contributed by atoms with Crippen molar-refractivity contribution in [3.05, 3.63) is 28.8 Å². The second-order valence-electron chi connectivity index (χ2n) is 9.99. The van der Waals surface area contributed by atoms with Crippen LogP contribution in [0.2, 0.25) is 0 Å². The molecule has 3 nitrogen and oxygen atoms in total. The third kappa shape index (κ3) is 8.80. The van der Waals surface area contributed by atoms with Crippen LogP contribution < -0.4 is 0 Å². The number of rotatable bonds is 13. The first-order valence-electron chi connectivity index (χ1n) is 11.7. The van der Waals surface area contributed by atoms with Crippen molar-refractivity contribution in [3.63, 3.8) is 0 Å². The minimum absolute atomic E-state index is 0.180. The highest BCUT2D eigenvalue weighted by Crippen LogP contribution is 2.38. The third-order valence-corrected chi connectivity index (χ3v) is 5.87. The summed E-state index contributed by atoms with van der Waals surface area (Å²) in [5.74, 6) is -0.491. The number of hydrogen-bond acceptors (Lipinski definition) is 2. The first-order chi connectivity index (χ1) is 13.6. The fraction of sp³-hybridized carbons (Fsp3) is 0.731. The number of aromatic hydroxyl groups is 1. The average Bonchev–Trinajstić information content (AvgIpc) is 2.62. The zero-order valence-corrected chi connectivity index (χ0v) is 19.7. The molecule has 0 aliphatic heterocycles. The van der Waals surface area contributed by atoms with Crippen LogP contribution in [0.3, 0.4) is 0 Å². The maximum atomic E-state index is 11.9. The van der Waals surface area contributed by atoms with E-state index in [-0.39, 0.29) is 17.3 Å². The van der Waals surface area contributed by atoms with Crippen molar-refractivity contribution in [3.8, 4) is 5.75 Å². The standard InChI is InChI=1S/C26H44O3/c1-7-8-9-10-11-12-13-14-15-21(25(28)29)16-20-17-22(19(2)3)24(27)23(18-20)26(4,5)6/h17-19,21,27H,7-16H2,1-6H3,(H,28,29). The van der Waals surface area contributed by atoms with Crippen LogP contribution in [0.15, 0.2) is 12.1 Å². The molecule has 0 saturated heterocycles. The summed E-state index contributed by atoms with van der Waals surface area (Å²) in [5.41, 5.74) is 2.68. The lowest BCUT2D eigenvalue weighted by Crippen LogP contribution is -2.18. The quantitative estimate of drug-likeness (QED) is 0.333. The van der Waals surface area contributed by atoms with Gasteiger partial charge in [0.2, 0.25) is 0 Å². The largest absolute Gasteiger partial charge is 0.507 e. The fourth-order valence-electron chi connectivity index (χ4n) is 3.97. The van der Waals surface area contributed by atoms with Gasteiger partial charge in [0.15, 0.2) is 0 Å². The third-order valence-electron chi connectivity index (χ3n) is 5.87. The first-order valence-corrected chi connectivity index (χ1v) is 11.7. The highest BCUT2D eigenvalue weighted by molar-refractivity contribution is 5.70. The van der Waals surface area contributed by atoms with Crippen LogP contribution in [0.4, 0.5) is 0 Å². The van der Waals surface area contributed by atoms with Crippen LogP contribution in [-0.4, -0.2) is 16.2 Å². The topological polar surface area (TPSA) is 57.5 Å². The molecule has 1 rings (SSSR count). The molecule has 2 N–H and O–H groups in total. The molecule has 0 fully saturated rings. The van der Waals surface area contributed by atoms with Gasteiger partial charge in [0.05, 0.1) is 5.92 Å². The SMILES string of the molecule is CCCCCCCCCCC(Cc1cc(C(C)C)c(O)c(C(C)(C)C)c1)C(=O)O. The number of phenolic OH excluding ortho intramolecular Hbond substituents is 1. The molecule has 1 aromatic rings. The minimum Gasteiger partial charge on any atom is -0.507 e. The Labute approximate surface area is 178 Å². The van der Waals surface area contributed by atoms with Crippen LogP contribution in [0.5, 0.6) is 5.75 Å². The van der Waals surface area contributed by atoms with E-state index in [2.05, 4.69) is 41.5 Å². The van der Waals surface area contributed by atoms with Crippen molar-refractivity contribution in [1.29, 1.82) is 0 Å². The van der Waals surface area contributed by atoms with Crippen LogP contribution in [0, 0.1) is 5.92 Å². The Bertz CT molecular complexity index is 626. The van der Waals surface area contributed by atoms with Gasteiger partial charge >= 0.3 is 5.97 Å². The molecule has 0 radical (unpaired) electrons. The molecule has 3 heteroatoms. The number of benzene rings is 1. The molecule has 0 bridgehead atoms. The summed E-state index contributed by atoms with van der Waals surface area (Å²) in [6, 6.07) is 4.03. The van der Waals surface area contributed by atoms with E-state index in [0.717, 1.165) is 36.0 Å². The van der Waals surface area contributed by atoms with Gasteiger partial charge < -0.3 is 10.2 Å². The molecular weight excluding hydrogens is 360 g/mol. The van der Waals surface area contributed by atoms with Crippen molar-refractivity contribution in [2.75, 3.05) is 0 Å². The lowest BCUT2D eigenvalue weighted by atomic mass is 9.81. The lowest BCUT2D eigenvalue weighted by molar-refractivity contribution is -0.142. The Hall–Kier alpha value is -1.51. The van der Waals surface area contributed by atoms with Crippen molar-refractivity contribution < 1.29 is 15.0 Å². The highest BCUT2D eigenvalue weighted by atomic mass is 16.4. The van der Waals surface area contributed by atoms with Gasteiger partial charge in [-0.25, -0.2) is 0 Å². The summed E-state index contributed by atoms with van der Waals surface area (Å²) in [7, 11) is 0. The summed E-state index contributed by atoms with van der Waals surface area (Å²) >= 11 is 0. The molecule has 0 spiro atoms. The number of carbonyl (C=O) groups is 1. The predicted molar refractivity (Wildman–Crippen MR) is 123 cm³/mol. The summed E-state index contributed by atoms with van der Waals surface area (Å²) < 4.78 is 0. The normalized spacial score (nSPS) is 13.1. The van der Waals surface area contributed by atoms with E-state index in [0.29, 0.717) is 12.2 Å². The van der Waals surface area contributed by atoms with Crippen molar-refractivity contribution in [2.45, 2.75) is 117 Å². The Balaban J connectivity index is 2.76. The molecule has 1 unspecified atom stereocenters. The maximum absolute atomic E-state index is 11.9. The summed E-state index contributed by atoms with van der Waals surface area (Å²) in [6.45, 7) is 12.6. The van der Waals surface area contributed by atoms with Crippen molar-refractivity contribution >= 4 is 5.97 Å². The molecule has 0 heterocycles. The number of phenols is 1. The molecular formula is C26H44O3. The Kier molecular flexibility index (Phi) is 10.8. The second-order valence-corrected chi connectivity index (χ2v) is 9.99. The molecule has 0 aliphatic rings. The smallest absolute Gasteiger partial charge is 0.306 e. The van der Waals surface area contributed by atoms with E-state index < -0.39 is 5.97 Å². The van der Waals surface area contributed by atoms with Gasteiger partial charge in [0, 0.05) is 0 Å². The van der Waals surface area contributed by atoms with E-state index in [1.54, 1.807) is 0 Å². The summed E-state index contributed by atoms with van der Waals surface area (Å²) in [5, 5.41) is 20.5. The van der Waals surface area contributed by atoms with Crippen molar-refractivity contribution in [2.24, 2.45) is 5.92 Å². The molecule has 29 heavy (non-hydrogen) atoms. The van der Waals surface area contributed by atoms with Crippen LogP contribution in [-0.2, 0) is 16.6 Å². The molecule has 1 aromatic carbocycles.